The van der Waals surface area contributed by atoms with Gasteiger partial charge in [0.2, 0.25) is 0 Å². The normalized spacial score (nSPS) is 17.3. The summed E-state index contributed by atoms with van der Waals surface area (Å²) in [6, 6.07) is 15.6. The highest BCUT2D eigenvalue weighted by Gasteiger charge is 2.24. The first-order chi connectivity index (χ1) is 11.5. The number of carbonyl (C=O) groups excluding carboxylic acids is 1. The Morgan fingerprint density at radius 2 is 1.88 bits per heavy atom. The smallest absolute Gasteiger partial charge is 0.258 e. The Kier molecular flexibility index (Phi) is 5.14. The van der Waals surface area contributed by atoms with Gasteiger partial charge in [0.25, 0.3) is 5.91 Å². The Bertz CT molecular complexity index is 712. The first-order valence-electron chi connectivity index (χ1n) is 8.39. The first-order valence-corrected chi connectivity index (χ1v) is 9.27. The summed E-state index contributed by atoms with van der Waals surface area (Å²) in [6.07, 6.45) is 1.11. The molecular weight excluding hydrogens is 318 g/mol. The summed E-state index contributed by atoms with van der Waals surface area (Å²) in [4.78, 5) is 16.1. The van der Waals surface area contributed by atoms with Crippen LogP contribution in [-0.4, -0.2) is 23.8 Å². The second-order valence-electron chi connectivity index (χ2n) is 6.33. The fraction of sp³-hybridized carbons (Fsp3) is 0.350. The summed E-state index contributed by atoms with van der Waals surface area (Å²) in [6.45, 7) is 6.94. The summed E-state index contributed by atoms with van der Waals surface area (Å²) in [5.74, 6) is 0.843. The molecule has 1 aliphatic heterocycles. The van der Waals surface area contributed by atoms with Crippen molar-refractivity contribution in [2.75, 3.05) is 11.4 Å². The molecule has 0 radical (unpaired) electrons. The van der Waals surface area contributed by atoms with Gasteiger partial charge in [-0.25, -0.2) is 0 Å². The molecule has 24 heavy (non-hydrogen) atoms. The molecule has 2 aromatic rings. The van der Waals surface area contributed by atoms with E-state index >= 15 is 0 Å². The zero-order chi connectivity index (χ0) is 17.1. The second-order valence-corrected chi connectivity index (χ2v) is 7.81. The third-order valence-electron chi connectivity index (χ3n) is 3.96. The quantitative estimate of drug-likeness (QED) is 0.786. The number of hydrogen-bond donors (Lipinski definition) is 0. The minimum absolute atomic E-state index is 0.0493. The van der Waals surface area contributed by atoms with Gasteiger partial charge in [0.05, 0.1) is 11.8 Å². The molecule has 0 aliphatic carbocycles. The van der Waals surface area contributed by atoms with Crippen molar-refractivity contribution in [3.8, 4) is 5.75 Å². The van der Waals surface area contributed by atoms with E-state index in [0.717, 1.165) is 24.4 Å². The van der Waals surface area contributed by atoms with E-state index in [1.165, 1.54) is 4.90 Å². The largest absolute Gasteiger partial charge is 0.491 e. The van der Waals surface area contributed by atoms with Crippen molar-refractivity contribution in [2.45, 2.75) is 43.4 Å². The van der Waals surface area contributed by atoms with Crippen LogP contribution in [0, 0.1) is 0 Å². The van der Waals surface area contributed by atoms with Crippen LogP contribution in [-0.2, 0) is 0 Å². The molecule has 0 unspecified atom stereocenters. The molecule has 0 fully saturated rings. The van der Waals surface area contributed by atoms with Crippen LogP contribution < -0.4 is 9.64 Å². The molecule has 0 N–H and O–H groups in total. The fourth-order valence-electron chi connectivity index (χ4n) is 2.80. The van der Waals surface area contributed by atoms with Crippen molar-refractivity contribution in [3.63, 3.8) is 0 Å². The van der Waals surface area contributed by atoms with E-state index in [-0.39, 0.29) is 12.0 Å². The Hall–Kier alpha value is -1.94. The molecule has 126 valence electrons. The topological polar surface area (TPSA) is 29.5 Å². The van der Waals surface area contributed by atoms with E-state index in [2.05, 4.69) is 13.0 Å². The molecule has 0 bridgehead atoms. The van der Waals surface area contributed by atoms with Gasteiger partial charge in [-0.05, 0) is 56.7 Å². The van der Waals surface area contributed by atoms with Crippen molar-refractivity contribution in [1.29, 1.82) is 0 Å². The second kappa shape index (κ2) is 7.31. The number of para-hydroxylation sites is 1. The van der Waals surface area contributed by atoms with Gasteiger partial charge in [-0.15, -0.1) is 11.8 Å². The highest BCUT2D eigenvalue weighted by Crippen LogP contribution is 2.37. The van der Waals surface area contributed by atoms with Crippen molar-refractivity contribution in [3.05, 3.63) is 54.1 Å². The maximum absolute atomic E-state index is 13.0. The maximum Gasteiger partial charge on any atom is 0.258 e. The van der Waals surface area contributed by atoms with Gasteiger partial charge in [0.15, 0.2) is 0 Å². The molecular formula is C20H23NO2S. The standard InChI is InChI=1S/C20H23NO2S/c1-14(2)23-17-10-8-16(9-11-17)20(22)21-13-12-15(3)24-19-7-5-4-6-18(19)21/h4-11,14-15H,12-13H2,1-3H3/t15-/m0/s1. The number of benzene rings is 2. The molecule has 2 aromatic carbocycles. The van der Waals surface area contributed by atoms with Crippen molar-refractivity contribution < 1.29 is 9.53 Å². The van der Waals surface area contributed by atoms with Crippen LogP contribution >= 0.6 is 11.8 Å². The number of thioether (sulfide) groups is 1. The number of hydrogen-bond acceptors (Lipinski definition) is 3. The van der Waals surface area contributed by atoms with Crippen LogP contribution in [0.3, 0.4) is 0 Å². The molecule has 1 amide bonds. The van der Waals surface area contributed by atoms with E-state index in [1.807, 2.05) is 73.0 Å². The highest BCUT2D eigenvalue weighted by atomic mass is 32.2. The molecule has 0 saturated carbocycles. The van der Waals surface area contributed by atoms with E-state index in [9.17, 15) is 4.79 Å². The average Bonchev–Trinajstić information content (AvgIpc) is 2.72. The molecule has 0 spiro atoms. The lowest BCUT2D eigenvalue weighted by atomic mass is 10.1. The van der Waals surface area contributed by atoms with Gasteiger partial charge in [-0.2, -0.15) is 0 Å². The van der Waals surface area contributed by atoms with Gasteiger partial charge in [0, 0.05) is 22.3 Å². The number of fused-ring (bicyclic) bond motifs is 1. The van der Waals surface area contributed by atoms with Crippen LogP contribution in [0.2, 0.25) is 0 Å². The zero-order valence-corrected chi connectivity index (χ0v) is 15.2. The SMILES string of the molecule is CC(C)Oc1ccc(C(=O)N2CC[C@H](C)Sc3ccccc32)cc1. The Balaban J connectivity index is 1.86. The minimum atomic E-state index is 0.0493. The molecule has 1 aliphatic rings. The van der Waals surface area contributed by atoms with Crippen LogP contribution in [0.5, 0.6) is 5.75 Å². The summed E-state index contributed by atoms with van der Waals surface area (Å²) in [7, 11) is 0. The van der Waals surface area contributed by atoms with Gasteiger partial charge < -0.3 is 9.64 Å². The van der Waals surface area contributed by atoms with E-state index in [1.54, 1.807) is 0 Å². The maximum atomic E-state index is 13.0. The number of ether oxygens (including phenoxy) is 1. The van der Waals surface area contributed by atoms with Gasteiger partial charge >= 0.3 is 0 Å². The van der Waals surface area contributed by atoms with Crippen molar-refractivity contribution >= 4 is 23.4 Å². The third-order valence-corrected chi connectivity index (χ3v) is 5.20. The average molecular weight is 341 g/mol. The van der Waals surface area contributed by atoms with Crippen LogP contribution in [0.4, 0.5) is 5.69 Å². The van der Waals surface area contributed by atoms with E-state index < -0.39 is 0 Å². The Labute approximate surface area is 148 Å². The predicted molar refractivity (Wildman–Crippen MR) is 100 cm³/mol. The number of carbonyl (C=O) groups is 1. The number of nitrogens with zero attached hydrogens (tertiary/aromatic N) is 1. The molecule has 3 rings (SSSR count). The summed E-state index contributed by atoms with van der Waals surface area (Å²) in [5, 5.41) is 0.505. The van der Waals surface area contributed by atoms with Crippen LogP contribution in [0.25, 0.3) is 0 Å². The minimum Gasteiger partial charge on any atom is -0.491 e. The van der Waals surface area contributed by atoms with Crippen molar-refractivity contribution in [2.24, 2.45) is 0 Å². The summed E-state index contributed by atoms with van der Waals surface area (Å²) >= 11 is 1.84. The fourth-order valence-corrected chi connectivity index (χ4v) is 3.91. The zero-order valence-electron chi connectivity index (χ0n) is 14.4. The van der Waals surface area contributed by atoms with Gasteiger partial charge in [-0.3, -0.25) is 4.79 Å². The number of rotatable bonds is 3. The van der Waals surface area contributed by atoms with Gasteiger partial charge in [0.1, 0.15) is 5.75 Å². The molecule has 0 saturated heterocycles. The lowest BCUT2D eigenvalue weighted by Gasteiger charge is -2.22. The molecule has 1 atom stereocenters. The van der Waals surface area contributed by atoms with Crippen LogP contribution in [0.1, 0.15) is 37.6 Å². The molecule has 4 heteroatoms. The van der Waals surface area contributed by atoms with Gasteiger partial charge in [-0.1, -0.05) is 19.1 Å². The molecule has 1 heterocycles. The first kappa shape index (κ1) is 16.9. The van der Waals surface area contributed by atoms with E-state index in [0.29, 0.717) is 10.8 Å². The Morgan fingerprint density at radius 3 is 2.58 bits per heavy atom. The van der Waals surface area contributed by atoms with Crippen molar-refractivity contribution in [1.82, 2.24) is 0 Å². The number of amides is 1. The third kappa shape index (κ3) is 3.75. The summed E-state index contributed by atoms with van der Waals surface area (Å²) in [5.41, 5.74) is 1.71. The molecule has 0 aromatic heterocycles. The predicted octanol–water partition coefficient (Wildman–Crippen LogP) is 5.00. The number of anilines is 1. The molecule has 3 nitrogen and oxygen atoms in total. The van der Waals surface area contributed by atoms with E-state index in [4.69, 9.17) is 4.74 Å². The summed E-state index contributed by atoms with van der Waals surface area (Å²) < 4.78 is 5.66. The van der Waals surface area contributed by atoms with Crippen LogP contribution in [0.15, 0.2) is 53.4 Å². The lowest BCUT2D eigenvalue weighted by Crippen LogP contribution is -2.32. The monoisotopic (exact) mass is 341 g/mol. The highest BCUT2D eigenvalue weighted by molar-refractivity contribution is 8.00. The lowest BCUT2D eigenvalue weighted by molar-refractivity contribution is 0.0986. The Morgan fingerprint density at radius 1 is 1.17 bits per heavy atom.